The van der Waals surface area contributed by atoms with Gasteiger partial charge in [-0.2, -0.15) is 0 Å². The highest BCUT2D eigenvalue weighted by molar-refractivity contribution is 5.74. The molecule has 2 bridgehead atoms. The molecule has 12 unspecified atom stereocenters. The van der Waals surface area contributed by atoms with Crippen LogP contribution in [0.3, 0.4) is 0 Å². The zero-order valence-electron chi connectivity index (χ0n) is 26.8. The molecule has 12 atom stereocenters. The van der Waals surface area contributed by atoms with Gasteiger partial charge in [-0.1, -0.05) is 65.5 Å². The van der Waals surface area contributed by atoms with Crippen molar-refractivity contribution in [3.63, 3.8) is 0 Å². The number of hydrogen-bond donors (Lipinski definition) is 2. The van der Waals surface area contributed by atoms with Crippen molar-refractivity contribution in [2.45, 2.75) is 143 Å². The van der Waals surface area contributed by atoms with Gasteiger partial charge in [-0.25, -0.2) is 0 Å². The zero-order valence-corrected chi connectivity index (χ0v) is 26.8. The summed E-state index contributed by atoms with van der Waals surface area (Å²) in [6.45, 7) is 12.7. The summed E-state index contributed by atoms with van der Waals surface area (Å²) in [6, 6.07) is 0. The average molecular weight is 567 g/mol. The average Bonchev–Trinajstić information content (AvgIpc) is 3.08. The van der Waals surface area contributed by atoms with Crippen LogP contribution in [-0.4, -0.2) is 28.6 Å². The summed E-state index contributed by atoms with van der Waals surface area (Å²) in [6.07, 6.45) is 23.8. The van der Waals surface area contributed by atoms with Crippen LogP contribution in [0.5, 0.6) is 0 Å². The highest BCUT2D eigenvalue weighted by Gasteiger charge is 2.77. The summed E-state index contributed by atoms with van der Waals surface area (Å²) in [4.78, 5) is 12.7. The van der Waals surface area contributed by atoms with E-state index in [0.29, 0.717) is 29.1 Å². The van der Waals surface area contributed by atoms with Crippen LogP contribution in [0.1, 0.15) is 137 Å². The number of aliphatic carboxylic acids is 1. The lowest BCUT2D eigenvalue weighted by Crippen LogP contribution is -2.71. The summed E-state index contributed by atoms with van der Waals surface area (Å²) < 4.78 is 6.34. The normalized spacial score (nSPS) is 56.8. The number of carboxylic acid groups (broad SMARTS) is 1. The second-order valence-corrected chi connectivity index (χ2v) is 17.6. The van der Waals surface area contributed by atoms with Gasteiger partial charge in [0.1, 0.15) is 0 Å². The van der Waals surface area contributed by atoms with Crippen LogP contribution >= 0.6 is 0 Å². The first kappa shape index (κ1) is 28.9. The Bertz CT molecular complexity index is 1120. The van der Waals surface area contributed by atoms with Gasteiger partial charge < -0.3 is 14.9 Å². The maximum Gasteiger partial charge on any atom is 0.309 e. The van der Waals surface area contributed by atoms with Gasteiger partial charge in [0.2, 0.25) is 0 Å². The molecule has 4 heteroatoms. The molecule has 7 rings (SSSR count). The van der Waals surface area contributed by atoms with Crippen LogP contribution in [0.15, 0.2) is 12.2 Å². The van der Waals surface area contributed by atoms with E-state index in [0.717, 1.165) is 32.3 Å². The molecular weight excluding hydrogens is 508 g/mol. The van der Waals surface area contributed by atoms with Gasteiger partial charge in [0.25, 0.3) is 0 Å². The van der Waals surface area contributed by atoms with Crippen molar-refractivity contribution in [3.05, 3.63) is 12.2 Å². The zero-order chi connectivity index (χ0) is 29.1. The fourth-order valence-corrected chi connectivity index (χ4v) is 14.1. The number of hydrogen-bond acceptors (Lipinski definition) is 3. The number of unbranched alkanes of at least 4 members (excludes halogenated alkanes) is 3. The topological polar surface area (TPSA) is 66.8 Å². The van der Waals surface area contributed by atoms with Gasteiger partial charge >= 0.3 is 5.97 Å². The minimum Gasteiger partial charge on any atom is -0.481 e. The van der Waals surface area contributed by atoms with Crippen LogP contribution in [-0.2, 0) is 9.53 Å². The van der Waals surface area contributed by atoms with Crippen molar-refractivity contribution in [1.29, 1.82) is 0 Å². The summed E-state index contributed by atoms with van der Waals surface area (Å²) >= 11 is 0. The molecule has 7 aliphatic rings. The molecule has 0 radical (unpaired) electrons. The first-order valence-electron chi connectivity index (χ1n) is 17.6. The molecule has 1 aliphatic heterocycles. The standard InChI is InChI=1S/C37H58O4/c1-6-7-8-9-14-36-21-20-34-13-10-11-26-22-37(40)25(2)35(24-41-37,29(26)34)15-12-27(34)33(36,5)19-18-31(3)16-17-32(4,30(38)39)23-28(31)36/h10-11,25-29,40H,6-9,12-24H2,1-5H3,(H,38,39). The fraction of sp³-hybridized carbons (Fsp3) is 0.919. The van der Waals surface area contributed by atoms with E-state index in [1.165, 1.54) is 77.0 Å². The number of aliphatic hydroxyl groups is 1. The summed E-state index contributed by atoms with van der Waals surface area (Å²) in [5, 5.41) is 22.1. The molecule has 6 fully saturated rings. The molecule has 0 aromatic rings. The van der Waals surface area contributed by atoms with E-state index in [4.69, 9.17) is 4.74 Å². The fourth-order valence-electron chi connectivity index (χ4n) is 14.1. The van der Waals surface area contributed by atoms with Gasteiger partial charge in [0.15, 0.2) is 5.79 Å². The lowest BCUT2D eigenvalue weighted by Gasteiger charge is -2.76. The minimum absolute atomic E-state index is 0.103. The third kappa shape index (κ3) is 3.50. The lowest BCUT2D eigenvalue weighted by atomic mass is 9.27. The molecule has 2 N–H and O–H groups in total. The molecule has 41 heavy (non-hydrogen) atoms. The molecule has 5 saturated carbocycles. The number of carbonyl (C=O) groups is 1. The van der Waals surface area contributed by atoms with E-state index < -0.39 is 17.2 Å². The molecule has 4 nitrogen and oxygen atoms in total. The smallest absolute Gasteiger partial charge is 0.309 e. The molecule has 0 amide bonds. The Hall–Kier alpha value is -0.870. The van der Waals surface area contributed by atoms with Crippen LogP contribution in [0.4, 0.5) is 0 Å². The van der Waals surface area contributed by atoms with Gasteiger partial charge in [0.05, 0.1) is 12.0 Å². The van der Waals surface area contributed by atoms with Crippen molar-refractivity contribution in [2.24, 2.45) is 62.1 Å². The maximum absolute atomic E-state index is 12.7. The van der Waals surface area contributed by atoms with Gasteiger partial charge in [-0.15, -0.1) is 0 Å². The molecule has 1 saturated heterocycles. The molecular formula is C37H58O4. The van der Waals surface area contributed by atoms with Crippen molar-refractivity contribution in [1.82, 2.24) is 0 Å². The summed E-state index contributed by atoms with van der Waals surface area (Å²) in [7, 11) is 0. The molecule has 0 aromatic heterocycles. The van der Waals surface area contributed by atoms with E-state index in [-0.39, 0.29) is 27.6 Å². The summed E-state index contributed by atoms with van der Waals surface area (Å²) in [5.41, 5.74) is 0.548. The Morgan fingerprint density at radius 1 is 0.927 bits per heavy atom. The highest BCUT2D eigenvalue weighted by atomic mass is 16.6. The van der Waals surface area contributed by atoms with E-state index in [9.17, 15) is 15.0 Å². The molecule has 1 heterocycles. The lowest BCUT2D eigenvalue weighted by molar-refractivity contribution is -0.286. The molecule has 0 aromatic carbocycles. The van der Waals surface area contributed by atoms with E-state index in [1.807, 2.05) is 0 Å². The number of carboxylic acids is 1. The van der Waals surface area contributed by atoms with E-state index in [1.54, 1.807) is 0 Å². The van der Waals surface area contributed by atoms with Crippen LogP contribution in [0.25, 0.3) is 0 Å². The van der Waals surface area contributed by atoms with Crippen molar-refractivity contribution in [2.75, 3.05) is 6.61 Å². The second-order valence-electron chi connectivity index (χ2n) is 17.6. The van der Waals surface area contributed by atoms with E-state index >= 15 is 0 Å². The quantitative estimate of drug-likeness (QED) is 0.249. The minimum atomic E-state index is -0.950. The Balaban J connectivity index is 1.33. The van der Waals surface area contributed by atoms with Crippen molar-refractivity contribution in [3.8, 4) is 0 Å². The summed E-state index contributed by atoms with van der Waals surface area (Å²) in [5.74, 6) is 0.904. The van der Waals surface area contributed by atoms with Gasteiger partial charge in [-0.05, 0) is 123 Å². The number of rotatable bonds is 6. The Kier molecular flexibility index (Phi) is 6.40. The molecule has 2 spiro atoms. The maximum atomic E-state index is 12.7. The van der Waals surface area contributed by atoms with Gasteiger partial charge in [0, 0.05) is 17.8 Å². The Morgan fingerprint density at radius 2 is 1.71 bits per heavy atom. The Morgan fingerprint density at radius 3 is 2.46 bits per heavy atom. The number of fused-ring (bicyclic) bond motifs is 5. The first-order chi connectivity index (χ1) is 19.3. The predicted octanol–water partition coefficient (Wildman–Crippen LogP) is 8.77. The SMILES string of the molecule is CCCCCCC12CCC34CC=CC5CC6(O)OCC(CCC3C1(C)CCC1(C)CCC(C)(C(=O)O)CC12)(C6C)C54. The van der Waals surface area contributed by atoms with Gasteiger partial charge in [-0.3, -0.25) is 4.79 Å². The van der Waals surface area contributed by atoms with Crippen LogP contribution in [0.2, 0.25) is 0 Å². The molecule has 6 aliphatic carbocycles. The monoisotopic (exact) mass is 566 g/mol. The second kappa shape index (κ2) is 9.09. The number of ether oxygens (including phenoxy) is 1. The van der Waals surface area contributed by atoms with Crippen molar-refractivity contribution >= 4 is 5.97 Å². The van der Waals surface area contributed by atoms with E-state index in [2.05, 4.69) is 46.8 Å². The predicted molar refractivity (Wildman–Crippen MR) is 162 cm³/mol. The molecule has 230 valence electrons. The highest BCUT2D eigenvalue weighted by Crippen LogP contribution is 2.82. The third-order valence-electron chi connectivity index (χ3n) is 16.4. The Labute approximate surface area is 249 Å². The number of allylic oxidation sites excluding steroid dienone is 2. The first-order valence-corrected chi connectivity index (χ1v) is 17.6. The van der Waals surface area contributed by atoms with Crippen LogP contribution < -0.4 is 0 Å². The third-order valence-corrected chi connectivity index (χ3v) is 16.4. The largest absolute Gasteiger partial charge is 0.481 e. The van der Waals surface area contributed by atoms with Crippen LogP contribution in [0, 0.1) is 62.1 Å². The van der Waals surface area contributed by atoms with Crippen molar-refractivity contribution < 1.29 is 19.7 Å².